The molecule has 0 fully saturated rings. The van der Waals surface area contributed by atoms with Crippen LogP contribution in [0.5, 0.6) is 0 Å². The van der Waals surface area contributed by atoms with Gasteiger partial charge in [-0.3, -0.25) is 0 Å². The topological polar surface area (TPSA) is 29.9 Å². The van der Waals surface area contributed by atoms with Crippen LogP contribution in [0, 0.1) is 13.8 Å². The maximum Gasteiger partial charge on any atom is 0.227 e. The van der Waals surface area contributed by atoms with Gasteiger partial charge in [0.2, 0.25) is 11.4 Å². The molecule has 3 aromatic heterocycles. The van der Waals surface area contributed by atoms with Crippen LogP contribution in [0.3, 0.4) is 0 Å². The van der Waals surface area contributed by atoms with Crippen LogP contribution < -0.4 is 4.57 Å². The highest BCUT2D eigenvalue weighted by Crippen LogP contribution is 2.37. The van der Waals surface area contributed by atoms with Crippen molar-refractivity contribution in [2.75, 3.05) is 0 Å². The van der Waals surface area contributed by atoms with Crippen molar-refractivity contribution < 1.29 is 20.0 Å². The fraction of sp³-hybridized carbons (Fsp3) is 0.360. The van der Waals surface area contributed by atoms with Crippen LogP contribution in [0.25, 0.3) is 33.3 Å². The number of rotatable bonds is 3. The van der Waals surface area contributed by atoms with Gasteiger partial charge in [-0.25, -0.2) is 9.55 Å². The molecule has 0 aliphatic carbocycles. The molecule has 4 rings (SSSR count). The van der Waals surface area contributed by atoms with Crippen LogP contribution in [0.15, 0.2) is 40.9 Å². The lowest BCUT2D eigenvalue weighted by molar-refractivity contribution is -0.660. The second kappa shape index (κ2) is 6.73. The molecule has 4 aromatic rings. The highest BCUT2D eigenvalue weighted by molar-refractivity contribution is 6.08. The van der Waals surface area contributed by atoms with E-state index < -0.39 is 25.5 Å². The highest BCUT2D eigenvalue weighted by atomic mass is 16.3. The summed E-state index contributed by atoms with van der Waals surface area (Å²) in [6.07, 6.45) is 1.46. The highest BCUT2D eigenvalue weighted by Gasteiger charge is 2.24. The summed E-state index contributed by atoms with van der Waals surface area (Å²) in [5, 5.41) is 1.67. The second-order valence-corrected chi connectivity index (χ2v) is 7.39. The summed E-state index contributed by atoms with van der Waals surface area (Å²) in [6.45, 7) is 0.711. The van der Waals surface area contributed by atoms with Gasteiger partial charge in [0, 0.05) is 39.1 Å². The molecule has 3 heterocycles. The van der Waals surface area contributed by atoms with Crippen molar-refractivity contribution in [1.29, 1.82) is 0 Å². The Labute approximate surface area is 178 Å². The smallest absolute Gasteiger partial charge is 0.227 e. The third-order valence-electron chi connectivity index (χ3n) is 5.19. The van der Waals surface area contributed by atoms with Crippen LogP contribution in [0.2, 0.25) is 0 Å². The molecule has 0 spiro atoms. The largest absolute Gasteiger partial charge is 0.437 e. The number of furan rings is 1. The van der Waals surface area contributed by atoms with Crippen LogP contribution in [-0.4, -0.2) is 4.98 Å². The Kier molecular flexibility index (Phi) is 2.73. The molecule has 0 amide bonds. The van der Waals surface area contributed by atoms with Gasteiger partial charge in [-0.1, -0.05) is 39.7 Å². The summed E-state index contributed by atoms with van der Waals surface area (Å²) < 4.78 is 73.4. The van der Waals surface area contributed by atoms with Crippen molar-refractivity contribution in [3.63, 3.8) is 0 Å². The molecule has 3 heteroatoms. The van der Waals surface area contributed by atoms with E-state index in [9.17, 15) is 0 Å². The number of nitrogens with zero attached hydrogens (tertiary/aromatic N) is 2. The van der Waals surface area contributed by atoms with E-state index in [-0.39, 0.29) is 11.1 Å². The van der Waals surface area contributed by atoms with Gasteiger partial charge in [0.15, 0.2) is 11.8 Å². The molecule has 0 saturated carbocycles. The molecule has 0 saturated heterocycles. The summed E-state index contributed by atoms with van der Waals surface area (Å²) in [4.78, 5) is 4.50. The van der Waals surface area contributed by atoms with E-state index in [1.165, 1.54) is 26.1 Å². The number of fused-ring (bicyclic) bond motifs is 3. The molecule has 0 N–H and O–H groups in total. The standard InChI is InChI=1S/C25H29N2O/c1-14(2)20-12-22(27(7)13-21(20)15(3)4)23-16(5)8-10-18-19-11-9-17(6)26-25(19)28-24(18)23/h8-15H,1-7H3/q+1/i1D3,3D3,14D,15D. The summed E-state index contributed by atoms with van der Waals surface area (Å²) in [7, 11) is 1.71. The van der Waals surface area contributed by atoms with Crippen molar-refractivity contribution in [2.24, 2.45) is 7.05 Å². The third-order valence-corrected chi connectivity index (χ3v) is 5.19. The van der Waals surface area contributed by atoms with Gasteiger partial charge in [-0.2, -0.15) is 0 Å². The molecule has 3 nitrogen and oxygen atoms in total. The Morgan fingerprint density at radius 2 is 1.75 bits per heavy atom. The Balaban J connectivity index is 2.13. The SMILES string of the molecule is [2H]C([2H])([2H])C([2H])(C)c1cc(-c2c(C)ccc3c2oc2nc(C)ccc23)[n+](C)cc1C([2H])(C)C([2H])([2H])[2H]. The average molecular weight is 382 g/mol. The van der Waals surface area contributed by atoms with Gasteiger partial charge >= 0.3 is 0 Å². The van der Waals surface area contributed by atoms with E-state index in [1.807, 2.05) is 38.1 Å². The molecular weight excluding hydrogens is 344 g/mol. The first-order chi connectivity index (χ1) is 16.4. The zero-order chi connectivity index (χ0) is 27.0. The van der Waals surface area contributed by atoms with Gasteiger partial charge in [-0.05, 0) is 48.9 Å². The number of hydrogen-bond acceptors (Lipinski definition) is 2. The van der Waals surface area contributed by atoms with Crippen LogP contribution in [0.1, 0.15) is 72.7 Å². The number of aryl methyl sites for hydroxylation is 3. The van der Waals surface area contributed by atoms with Gasteiger partial charge in [0.1, 0.15) is 7.05 Å². The fourth-order valence-electron chi connectivity index (χ4n) is 3.74. The summed E-state index contributed by atoms with van der Waals surface area (Å²) >= 11 is 0. The molecule has 1 aromatic carbocycles. The number of pyridine rings is 2. The van der Waals surface area contributed by atoms with E-state index >= 15 is 0 Å². The minimum Gasteiger partial charge on any atom is -0.437 e. The first kappa shape index (κ1) is 11.4. The lowest BCUT2D eigenvalue weighted by atomic mass is 9.90. The molecule has 144 valence electrons. The van der Waals surface area contributed by atoms with Gasteiger partial charge < -0.3 is 4.42 Å². The molecule has 0 aliphatic heterocycles. The van der Waals surface area contributed by atoms with E-state index in [0.29, 0.717) is 22.6 Å². The van der Waals surface area contributed by atoms with E-state index in [0.717, 1.165) is 22.0 Å². The Morgan fingerprint density at radius 1 is 1.04 bits per heavy atom. The predicted octanol–water partition coefficient (Wildman–Crippen LogP) is 6.34. The monoisotopic (exact) mass is 381 g/mol. The zero-order valence-electron chi connectivity index (χ0n) is 24.8. The maximum atomic E-state index is 8.83. The summed E-state index contributed by atoms with van der Waals surface area (Å²) in [5.74, 6) is -4.32. The van der Waals surface area contributed by atoms with E-state index in [1.54, 1.807) is 11.6 Å². The molecule has 2 atom stereocenters. The molecule has 2 unspecified atom stereocenters. The molecular formula is C25H29N2O+. The minimum atomic E-state index is -2.77. The zero-order valence-corrected chi connectivity index (χ0v) is 16.8. The lowest BCUT2D eigenvalue weighted by Crippen LogP contribution is -2.32. The molecule has 0 aliphatic rings. The van der Waals surface area contributed by atoms with Crippen LogP contribution >= 0.6 is 0 Å². The summed E-state index contributed by atoms with van der Waals surface area (Å²) in [5.41, 5.74) is 3.83. The fourth-order valence-corrected chi connectivity index (χ4v) is 3.74. The van der Waals surface area contributed by atoms with Crippen molar-refractivity contribution >= 4 is 22.1 Å². The first-order valence-electron chi connectivity index (χ1n) is 13.2. The number of aromatic nitrogens is 2. The second-order valence-electron chi connectivity index (χ2n) is 7.39. The summed E-state index contributed by atoms with van der Waals surface area (Å²) in [6, 6.07) is 9.24. The van der Waals surface area contributed by atoms with Crippen molar-refractivity contribution in [3.8, 4) is 11.3 Å². The van der Waals surface area contributed by atoms with E-state index in [2.05, 4.69) is 4.98 Å². The molecule has 0 bridgehead atoms. The predicted molar refractivity (Wildman–Crippen MR) is 116 cm³/mol. The molecule has 0 radical (unpaired) electrons. The Bertz CT molecular complexity index is 1500. The first-order valence-corrected chi connectivity index (χ1v) is 9.22. The quantitative estimate of drug-likeness (QED) is 0.388. The van der Waals surface area contributed by atoms with Crippen molar-refractivity contribution in [1.82, 2.24) is 4.98 Å². The normalized spacial score (nSPS) is 21.3. The van der Waals surface area contributed by atoms with Crippen molar-refractivity contribution in [3.05, 3.63) is 58.9 Å². The number of benzene rings is 1. The van der Waals surface area contributed by atoms with Crippen molar-refractivity contribution in [2.45, 2.75) is 53.2 Å². The minimum absolute atomic E-state index is 0.0332. The third kappa shape index (κ3) is 2.90. The van der Waals surface area contributed by atoms with Gasteiger partial charge in [0.05, 0.1) is 5.56 Å². The van der Waals surface area contributed by atoms with Crippen LogP contribution in [0.4, 0.5) is 0 Å². The number of hydrogen-bond donors (Lipinski definition) is 0. The molecule has 28 heavy (non-hydrogen) atoms. The Morgan fingerprint density at radius 3 is 2.50 bits per heavy atom. The van der Waals surface area contributed by atoms with Gasteiger partial charge in [0.25, 0.3) is 0 Å². The van der Waals surface area contributed by atoms with Crippen LogP contribution in [-0.2, 0) is 7.05 Å². The lowest BCUT2D eigenvalue weighted by Gasteiger charge is -2.16. The Hall–Kier alpha value is -2.68. The average Bonchev–Trinajstić information content (AvgIpc) is 3.09. The van der Waals surface area contributed by atoms with Gasteiger partial charge in [-0.15, -0.1) is 0 Å². The maximum absolute atomic E-state index is 8.83. The van der Waals surface area contributed by atoms with E-state index in [4.69, 9.17) is 15.4 Å².